The van der Waals surface area contributed by atoms with Crippen LogP contribution in [0, 0.1) is 13.8 Å². The highest BCUT2D eigenvalue weighted by molar-refractivity contribution is 5.65. The zero-order valence-electron chi connectivity index (χ0n) is 11.3. The van der Waals surface area contributed by atoms with Gasteiger partial charge >= 0.3 is 5.97 Å². The number of nitrogens with one attached hydrogen (secondary N) is 1. The number of benzene rings is 1. The number of aryl methyl sites for hydroxylation is 2. The standard InChI is InChI=1S/C15H21NO2/c1-12-8-7-9-13(2)15(12)16-10-5-4-6-11-18-14(3)17/h4-5,7-9,16H,6,10-11H2,1-3H3/b5-4+. The average molecular weight is 247 g/mol. The summed E-state index contributed by atoms with van der Waals surface area (Å²) in [6, 6.07) is 6.25. The molecule has 0 aliphatic heterocycles. The van der Waals surface area contributed by atoms with E-state index in [1.807, 2.05) is 6.08 Å². The van der Waals surface area contributed by atoms with Gasteiger partial charge in [0.2, 0.25) is 0 Å². The van der Waals surface area contributed by atoms with Crippen LogP contribution in [0.4, 0.5) is 5.69 Å². The monoisotopic (exact) mass is 247 g/mol. The molecule has 1 N–H and O–H groups in total. The van der Waals surface area contributed by atoms with E-state index in [0.717, 1.165) is 13.0 Å². The molecule has 3 nitrogen and oxygen atoms in total. The zero-order valence-corrected chi connectivity index (χ0v) is 11.3. The Kier molecular flexibility index (Phi) is 5.98. The highest BCUT2D eigenvalue weighted by atomic mass is 16.5. The van der Waals surface area contributed by atoms with E-state index in [-0.39, 0.29) is 5.97 Å². The second kappa shape index (κ2) is 7.54. The molecule has 0 saturated heterocycles. The minimum atomic E-state index is -0.225. The summed E-state index contributed by atoms with van der Waals surface area (Å²) >= 11 is 0. The van der Waals surface area contributed by atoms with E-state index >= 15 is 0 Å². The van der Waals surface area contributed by atoms with Crippen molar-refractivity contribution < 1.29 is 9.53 Å². The van der Waals surface area contributed by atoms with Crippen LogP contribution < -0.4 is 5.32 Å². The highest BCUT2D eigenvalue weighted by Gasteiger charge is 1.98. The molecule has 0 fully saturated rings. The van der Waals surface area contributed by atoms with Gasteiger partial charge in [-0.2, -0.15) is 0 Å². The van der Waals surface area contributed by atoms with Gasteiger partial charge in [-0.15, -0.1) is 0 Å². The topological polar surface area (TPSA) is 38.3 Å². The van der Waals surface area contributed by atoms with Crippen LogP contribution in [-0.4, -0.2) is 19.1 Å². The zero-order chi connectivity index (χ0) is 13.4. The van der Waals surface area contributed by atoms with Crippen molar-refractivity contribution in [2.75, 3.05) is 18.5 Å². The predicted octanol–water partition coefficient (Wildman–Crippen LogP) is 3.22. The van der Waals surface area contributed by atoms with Crippen LogP contribution in [0.3, 0.4) is 0 Å². The van der Waals surface area contributed by atoms with Crippen molar-refractivity contribution in [2.45, 2.75) is 27.2 Å². The Bertz CT molecular complexity index is 404. The second-order valence-corrected chi connectivity index (χ2v) is 4.25. The minimum Gasteiger partial charge on any atom is -0.466 e. The van der Waals surface area contributed by atoms with Crippen molar-refractivity contribution in [1.29, 1.82) is 0 Å². The van der Waals surface area contributed by atoms with Crippen LogP contribution in [0.25, 0.3) is 0 Å². The summed E-state index contributed by atoms with van der Waals surface area (Å²) in [6.45, 7) is 6.85. The van der Waals surface area contributed by atoms with Gasteiger partial charge in [0.05, 0.1) is 6.61 Å². The van der Waals surface area contributed by atoms with E-state index in [4.69, 9.17) is 4.74 Å². The molecule has 0 aliphatic rings. The summed E-state index contributed by atoms with van der Waals surface area (Å²) in [4.78, 5) is 10.5. The van der Waals surface area contributed by atoms with Crippen molar-refractivity contribution in [3.8, 4) is 0 Å². The lowest BCUT2D eigenvalue weighted by molar-refractivity contribution is -0.140. The maximum absolute atomic E-state index is 10.5. The molecule has 18 heavy (non-hydrogen) atoms. The van der Waals surface area contributed by atoms with Crippen molar-refractivity contribution >= 4 is 11.7 Å². The first-order valence-electron chi connectivity index (χ1n) is 6.19. The molecular weight excluding hydrogens is 226 g/mol. The Labute approximate surface area is 109 Å². The molecule has 0 aliphatic carbocycles. The fourth-order valence-electron chi connectivity index (χ4n) is 1.73. The number of hydrogen-bond donors (Lipinski definition) is 1. The van der Waals surface area contributed by atoms with Crippen LogP contribution in [0.1, 0.15) is 24.5 Å². The molecule has 0 bridgehead atoms. The number of hydrogen-bond acceptors (Lipinski definition) is 3. The Balaban J connectivity index is 2.29. The molecule has 0 saturated carbocycles. The van der Waals surface area contributed by atoms with Crippen LogP contribution >= 0.6 is 0 Å². The van der Waals surface area contributed by atoms with Gasteiger partial charge in [0.15, 0.2) is 0 Å². The summed E-state index contributed by atoms with van der Waals surface area (Å²) in [5.41, 5.74) is 3.70. The molecule has 1 aromatic rings. The van der Waals surface area contributed by atoms with Crippen molar-refractivity contribution in [1.82, 2.24) is 0 Å². The van der Waals surface area contributed by atoms with Crippen molar-refractivity contribution in [3.63, 3.8) is 0 Å². The maximum atomic E-state index is 10.5. The van der Waals surface area contributed by atoms with Crippen molar-refractivity contribution in [2.24, 2.45) is 0 Å². The Morgan fingerprint density at radius 3 is 2.56 bits per heavy atom. The third kappa shape index (κ3) is 5.04. The van der Waals surface area contributed by atoms with E-state index < -0.39 is 0 Å². The second-order valence-electron chi connectivity index (χ2n) is 4.25. The molecule has 0 aromatic heterocycles. The number of esters is 1. The molecular formula is C15H21NO2. The molecule has 98 valence electrons. The first-order valence-corrected chi connectivity index (χ1v) is 6.19. The third-order valence-electron chi connectivity index (χ3n) is 2.63. The molecule has 1 aromatic carbocycles. The van der Waals surface area contributed by atoms with Gasteiger partial charge in [-0.3, -0.25) is 4.79 Å². The van der Waals surface area contributed by atoms with Gasteiger partial charge in [-0.1, -0.05) is 30.4 Å². The SMILES string of the molecule is CC(=O)OCC/C=C/CNc1c(C)cccc1C. The Morgan fingerprint density at radius 1 is 1.28 bits per heavy atom. The minimum absolute atomic E-state index is 0.225. The smallest absolute Gasteiger partial charge is 0.302 e. The normalized spacial score (nSPS) is 10.6. The quantitative estimate of drug-likeness (QED) is 0.476. The number of ether oxygens (including phenoxy) is 1. The number of rotatable bonds is 6. The molecule has 0 unspecified atom stereocenters. The lowest BCUT2D eigenvalue weighted by Gasteiger charge is -2.10. The fourth-order valence-corrected chi connectivity index (χ4v) is 1.73. The van der Waals surface area contributed by atoms with E-state index in [2.05, 4.69) is 43.4 Å². The van der Waals surface area contributed by atoms with Crippen LogP contribution in [-0.2, 0) is 9.53 Å². The van der Waals surface area contributed by atoms with Gasteiger partial charge in [-0.25, -0.2) is 0 Å². The highest BCUT2D eigenvalue weighted by Crippen LogP contribution is 2.18. The number of anilines is 1. The number of para-hydroxylation sites is 1. The van der Waals surface area contributed by atoms with E-state index in [1.54, 1.807) is 0 Å². The summed E-state index contributed by atoms with van der Waals surface area (Å²) in [6.07, 6.45) is 4.83. The predicted molar refractivity (Wildman–Crippen MR) is 74.8 cm³/mol. The van der Waals surface area contributed by atoms with Gasteiger partial charge in [0, 0.05) is 19.2 Å². The van der Waals surface area contributed by atoms with Gasteiger partial charge in [-0.05, 0) is 31.4 Å². The molecule has 1 rings (SSSR count). The summed E-state index contributed by atoms with van der Waals surface area (Å²) in [5.74, 6) is -0.225. The number of carbonyl (C=O) groups excluding carboxylic acids is 1. The third-order valence-corrected chi connectivity index (χ3v) is 2.63. The molecule has 3 heteroatoms. The Morgan fingerprint density at radius 2 is 1.94 bits per heavy atom. The lowest BCUT2D eigenvalue weighted by atomic mass is 10.1. The molecule has 0 spiro atoms. The van der Waals surface area contributed by atoms with Gasteiger partial charge < -0.3 is 10.1 Å². The summed E-state index contributed by atoms with van der Waals surface area (Å²) < 4.78 is 4.83. The fraction of sp³-hybridized carbons (Fsp3) is 0.400. The maximum Gasteiger partial charge on any atom is 0.302 e. The van der Waals surface area contributed by atoms with Gasteiger partial charge in [0.1, 0.15) is 0 Å². The largest absolute Gasteiger partial charge is 0.466 e. The summed E-state index contributed by atoms with van der Waals surface area (Å²) in [5, 5.41) is 3.39. The van der Waals surface area contributed by atoms with Crippen molar-refractivity contribution in [3.05, 3.63) is 41.5 Å². The lowest BCUT2D eigenvalue weighted by Crippen LogP contribution is -2.02. The van der Waals surface area contributed by atoms with Crippen LogP contribution in [0.15, 0.2) is 30.4 Å². The Hall–Kier alpha value is -1.77. The molecule has 0 radical (unpaired) electrons. The first-order chi connectivity index (χ1) is 8.61. The van der Waals surface area contributed by atoms with E-state index in [1.165, 1.54) is 23.7 Å². The molecule has 0 atom stereocenters. The molecule has 0 amide bonds. The average Bonchev–Trinajstić information content (AvgIpc) is 2.30. The van der Waals surface area contributed by atoms with E-state index in [9.17, 15) is 4.79 Å². The van der Waals surface area contributed by atoms with Crippen LogP contribution in [0.5, 0.6) is 0 Å². The van der Waals surface area contributed by atoms with E-state index in [0.29, 0.717) is 6.61 Å². The first kappa shape index (κ1) is 14.3. The number of carbonyl (C=O) groups is 1. The molecule has 0 heterocycles. The van der Waals surface area contributed by atoms with Crippen LogP contribution in [0.2, 0.25) is 0 Å². The summed E-state index contributed by atoms with van der Waals surface area (Å²) in [7, 11) is 0. The van der Waals surface area contributed by atoms with Gasteiger partial charge in [0.25, 0.3) is 0 Å².